The summed E-state index contributed by atoms with van der Waals surface area (Å²) >= 11 is 0. The Morgan fingerprint density at radius 2 is 2.11 bits per heavy atom. The smallest absolute Gasteiger partial charge is 0.253 e. The zero-order valence-corrected chi connectivity index (χ0v) is 15.9. The Hall–Kier alpha value is -3.02. The molecule has 0 unspecified atom stereocenters. The van der Waals surface area contributed by atoms with Crippen LogP contribution in [0.4, 0.5) is 4.39 Å². The number of halogens is 1. The highest BCUT2D eigenvalue weighted by Gasteiger charge is 2.28. The third-order valence-electron chi connectivity index (χ3n) is 5.37. The van der Waals surface area contributed by atoms with Crippen LogP contribution in [0.15, 0.2) is 48.8 Å². The van der Waals surface area contributed by atoms with Gasteiger partial charge in [-0.15, -0.1) is 0 Å². The number of carbonyl (C=O) groups is 1. The molecule has 1 aromatic carbocycles. The molecule has 1 amide bonds. The molecule has 0 saturated carbocycles. The van der Waals surface area contributed by atoms with Crippen LogP contribution in [0.1, 0.15) is 47.4 Å². The summed E-state index contributed by atoms with van der Waals surface area (Å²) in [6.45, 7) is 3.42. The number of rotatable bonds is 4. The normalized spacial score (nSPS) is 16.9. The molecular weight excluding hydrogens is 355 g/mol. The first kappa shape index (κ1) is 18.3. The molecule has 0 bridgehead atoms. The van der Waals surface area contributed by atoms with Gasteiger partial charge in [-0.05, 0) is 49.1 Å². The maximum absolute atomic E-state index is 13.3. The number of carbonyl (C=O) groups excluding carboxylic acids is 1. The van der Waals surface area contributed by atoms with Gasteiger partial charge in [-0.25, -0.2) is 4.39 Å². The third kappa shape index (κ3) is 3.67. The summed E-state index contributed by atoms with van der Waals surface area (Å²) in [7, 11) is 0. The molecule has 0 spiro atoms. The Balaban J connectivity index is 1.55. The van der Waals surface area contributed by atoms with Crippen molar-refractivity contribution in [1.82, 2.24) is 20.1 Å². The molecule has 28 heavy (non-hydrogen) atoms. The van der Waals surface area contributed by atoms with Gasteiger partial charge in [0.05, 0.1) is 6.20 Å². The van der Waals surface area contributed by atoms with Gasteiger partial charge in [0, 0.05) is 47.7 Å². The highest BCUT2D eigenvalue weighted by molar-refractivity contribution is 5.94. The zero-order valence-electron chi connectivity index (χ0n) is 15.9. The van der Waals surface area contributed by atoms with Gasteiger partial charge in [-0.2, -0.15) is 5.10 Å². The van der Waals surface area contributed by atoms with E-state index in [9.17, 15) is 9.18 Å². The Morgan fingerprint density at radius 1 is 1.29 bits per heavy atom. The van der Waals surface area contributed by atoms with Crippen LogP contribution in [0.2, 0.25) is 0 Å². The molecule has 6 heteroatoms. The minimum absolute atomic E-state index is 0.0460. The first-order chi connectivity index (χ1) is 13.7. The van der Waals surface area contributed by atoms with E-state index < -0.39 is 0 Å². The van der Waals surface area contributed by atoms with Crippen molar-refractivity contribution in [3.8, 4) is 11.1 Å². The summed E-state index contributed by atoms with van der Waals surface area (Å²) in [5, 5.41) is 7.33. The van der Waals surface area contributed by atoms with E-state index in [1.165, 1.54) is 12.1 Å². The predicted octanol–water partition coefficient (Wildman–Crippen LogP) is 4.19. The second kappa shape index (κ2) is 7.92. The number of piperidine rings is 1. The van der Waals surface area contributed by atoms with Gasteiger partial charge in [-0.1, -0.05) is 19.1 Å². The number of benzene rings is 1. The van der Waals surface area contributed by atoms with E-state index in [2.05, 4.69) is 15.2 Å². The molecule has 1 fully saturated rings. The first-order valence-corrected chi connectivity index (χ1v) is 9.69. The van der Waals surface area contributed by atoms with Crippen molar-refractivity contribution in [1.29, 1.82) is 0 Å². The fourth-order valence-electron chi connectivity index (χ4n) is 3.85. The Bertz CT molecular complexity index is 967. The van der Waals surface area contributed by atoms with Gasteiger partial charge in [0.15, 0.2) is 0 Å². The monoisotopic (exact) mass is 378 g/mol. The number of nitrogens with zero attached hydrogens (tertiary/aromatic N) is 3. The van der Waals surface area contributed by atoms with Crippen molar-refractivity contribution in [3.05, 3.63) is 71.6 Å². The number of hydrogen-bond donors (Lipinski definition) is 1. The molecule has 1 aliphatic heterocycles. The van der Waals surface area contributed by atoms with Crippen molar-refractivity contribution in [2.24, 2.45) is 0 Å². The van der Waals surface area contributed by atoms with E-state index in [0.29, 0.717) is 12.1 Å². The minimum Gasteiger partial charge on any atom is -0.338 e. The molecule has 1 N–H and O–H groups in total. The minimum atomic E-state index is -0.257. The SMILES string of the molecule is CCc1cc(C(=O)N2CCC[C@H](c3[nH]ncc3-c3ccc(F)cc3)C2)ccn1. The van der Waals surface area contributed by atoms with Gasteiger partial charge in [0.25, 0.3) is 5.91 Å². The van der Waals surface area contributed by atoms with Crippen LogP contribution in [0.3, 0.4) is 0 Å². The van der Waals surface area contributed by atoms with Crippen molar-refractivity contribution in [3.63, 3.8) is 0 Å². The van der Waals surface area contributed by atoms with Crippen molar-refractivity contribution < 1.29 is 9.18 Å². The summed E-state index contributed by atoms with van der Waals surface area (Å²) in [5.74, 6) is -0.0376. The van der Waals surface area contributed by atoms with E-state index in [0.717, 1.165) is 48.3 Å². The van der Waals surface area contributed by atoms with E-state index in [1.54, 1.807) is 30.6 Å². The number of hydrogen-bond acceptors (Lipinski definition) is 3. The average molecular weight is 378 g/mol. The van der Waals surface area contributed by atoms with Crippen LogP contribution in [0.5, 0.6) is 0 Å². The lowest BCUT2D eigenvalue weighted by atomic mass is 9.90. The zero-order chi connectivity index (χ0) is 19.5. The van der Waals surface area contributed by atoms with Crippen LogP contribution in [-0.4, -0.2) is 39.1 Å². The van der Waals surface area contributed by atoms with E-state index in [-0.39, 0.29) is 17.6 Å². The summed E-state index contributed by atoms with van der Waals surface area (Å²) in [6, 6.07) is 10.1. The van der Waals surface area contributed by atoms with Crippen LogP contribution >= 0.6 is 0 Å². The van der Waals surface area contributed by atoms with Gasteiger partial charge >= 0.3 is 0 Å². The second-order valence-electron chi connectivity index (χ2n) is 7.18. The number of aryl methyl sites for hydroxylation is 1. The largest absolute Gasteiger partial charge is 0.338 e. The van der Waals surface area contributed by atoms with Crippen molar-refractivity contribution >= 4 is 5.91 Å². The highest BCUT2D eigenvalue weighted by atomic mass is 19.1. The van der Waals surface area contributed by atoms with E-state index in [1.807, 2.05) is 17.9 Å². The molecule has 3 aromatic rings. The van der Waals surface area contributed by atoms with Crippen LogP contribution in [0, 0.1) is 5.82 Å². The molecule has 1 saturated heterocycles. The molecule has 5 nitrogen and oxygen atoms in total. The second-order valence-corrected chi connectivity index (χ2v) is 7.18. The van der Waals surface area contributed by atoms with Crippen molar-refractivity contribution in [2.75, 3.05) is 13.1 Å². The molecule has 3 heterocycles. The lowest BCUT2D eigenvalue weighted by Crippen LogP contribution is -2.39. The molecule has 0 radical (unpaired) electrons. The molecule has 0 aliphatic carbocycles. The van der Waals surface area contributed by atoms with Crippen LogP contribution in [0.25, 0.3) is 11.1 Å². The number of aromatic nitrogens is 3. The Labute approximate surface area is 163 Å². The number of pyridine rings is 1. The molecule has 4 rings (SSSR count). The Kier molecular flexibility index (Phi) is 5.19. The lowest BCUT2D eigenvalue weighted by molar-refractivity contribution is 0.0705. The molecule has 144 valence electrons. The molecular formula is C22H23FN4O. The topological polar surface area (TPSA) is 61.9 Å². The van der Waals surface area contributed by atoms with Crippen LogP contribution in [-0.2, 0) is 6.42 Å². The molecule has 2 aromatic heterocycles. The quantitative estimate of drug-likeness (QED) is 0.740. The predicted molar refractivity (Wildman–Crippen MR) is 105 cm³/mol. The maximum Gasteiger partial charge on any atom is 0.253 e. The average Bonchev–Trinajstić information content (AvgIpc) is 3.24. The van der Waals surface area contributed by atoms with Gasteiger partial charge in [0.1, 0.15) is 5.82 Å². The number of nitrogens with one attached hydrogen (secondary N) is 1. The summed E-state index contributed by atoms with van der Waals surface area (Å²) in [5.41, 5.74) is 4.52. The van der Waals surface area contributed by atoms with E-state index in [4.69, 9.17) is 0 Å². The van der Waals surface area contributed by atoms with Crippen molar-refractivity contribution in [2.45, 2.75) is 32.1 Å². The first-order valence-electron chi connectivity index (χ1n) is 9.69. The lowest BCUT2D eigenvalue weighted by Gasteiger charge is -2.33. The molecule has 1 atom stereocenters. The Morgan fingerprint density at radius 3 is 2.89 bits per heavy atom. The number of likely N-dealkylation sites (tertiary alicyclic amines) is 1. The summed E-state index contributed by atoms with van der Waals surface area (Å²) in [4.78, 5) is 19.2. The fraction of sp³-hybridized carbons (Fsp3) is 0.318. The number of H-pyrrole nitrogens is 1. The number of amides is 1. The standard InChI is InChI=1S/C22H23FN4O/c1-2-19-12-16(9-10-24-19)22(28)27-11-3-4-17(14-27)21-20(13-25-26-21)15-5-7-18(23)8-6-15/h5-10,12-13,17H,2-4,11,14H2,1H3,(H,25,26)/t17-/m0/s1. The number of aromatic amines is 1. The van der Waals surface area contributed by atoms with Gasteiger partial charge in [0.2, 0.25) is 0 Å². The third-order valence-corrected chi connectivity index (χ3v) is 5.37. The summed E-state index contributed by atoms with van der Waals surface area (Å²) < 4.78 is 13.3. The van der Waals surface area contributed by atoms with E-state index >= 15 is 0 Å². The molecule has 1 aliphatic rings. The van der Waals surface area contributed by atoms with Gasteiger partial charge < -0.3 is 4.90 Å². The summed E-state index contributed by atoms with van der Waals surface area (Å²) in [6.07, 6.45) is 6.20. The van der Waals surface area contributed by atoms with Crippen LogP contribution < -0.4 is 0 Å². The fourth-order valence-corrected chi connectivity index (χ4v) is 3.85. The highest BCUT2D eigenvalue weighted by Crippen LogP contribution is 2.33. The van der Waals surface area contributed by atoms with Gasteiger partial charge in [-0.3, -0.25) is 14.9 Å². The maximum atomic E-state index is 13.3.